The predicted molar refractivity (Wildman–Crippen MR) is 97.0 cm³/mol. The molecule has 2 aromatic heterocycles. The van der Waals surface area contributed by atoms with E-state index in [1.165, 1.54) is 12.1 Å². The van der Waals surface area contributed by atoms with Gasteiger partial charge in [-0.05, 0) is 30.2 Å². The fraction of sp³-hybridized carbons (Fsp3) is 0.316. The van der Waals surface area contributed by atoms with E-state index in [1.807, 2.05) is 13.8 Å². The van der Waals surface area contributed by atoms with Crippen LogP contribution in [0.5, 0.6) is 5.75 Å². The van der Waals surface area contributed by atoms with Gasteiger partial charge in [-0.15, -0.1) is 10.2 Å². The maximum absolute atomic E-state index is 13.5. The van der Waals surface area contributed by atoms with Crippen molar-refractivity contribution in [3.05, 3.63) is 59.8 Å². The summed E-state index contributed by atoms with van der Waals surface area (Å²) in [7, 11) is 0. The number of fused-ring (bicyclic) bond motifs is 1. The van der Waals surface area contributed by atoms with Gasteiger partial charge in [0.05, 0.1) is 12.1 Å². The van der Waals surface area contributed by atoms with Crippen LogP contribution in [0.25, 0.3) is 5.65 Å². The third-order valence-electron chi connectivity index (χ3n) is 4.07. The molecule has 27 heavy (non-hydrogen) atoms. The highest BCUT2D eigenvalue weighted by Crippen LogP contribution is 2.20. The van der Waals surface area contributed by atoms with Gasteiger partial charge in [0.25, 0.3) is 5.91 Å². The van der Waals surface area contributed by atoms with E-state index < -0.39 is 11.9 Å². The zero-order chi connectivity index (χ0) is 19.4. The maximum atomic E-state index is 13.5. The van der Waals surface area contributed by atoms with Crippen LogP contribution in [-0.4, -0.2) is 38.8 Å². The number of para-hydroxylation sites is 1. The number of pyridine rings is 1. The van der Waals surface area contributed by atoms with Gasteiger partial charge in [-0.1, -0.05) is 26.0 Å². The summed E-state index contributed by atoms with van der Waals surface area (Å²) in [4.78, 5) is 12.3. The van der Waals surface area contributed by atoms with Crippen LogP contribution < -0.4 is 10.1 Å². The van der Waals surface area contributed by atoms with Crippen molar-refractivity contribution in [1.82, 2.24) is 19.9 Å². The van der Waals surface area contributed by atoms with Crippen molar-refractivity contribution in [2.45, 2.75) is 20.0 Å². The summed E-state index contributed by atoms with van der Waals surface area (Å²) < 4.78 is 20.4. The molecular formula is C19H21FN4O3. The van der Waals surface area contributed by atoms with Crippen LogP contribution in [0.3, 0.4) is 0 Å². The Morgan fingerprint density at radius 2 is 2.04 bits per heavy atom. The van der Waals surface area contributed by atoms with E-state index in [9.17, 15) is 14.3 Å². The minimum atomic E-state index is -0.785. The number of nitrogens with zero attached hydrogens (tertiary/aromatic N) is 3. The number of carbonyl (C=O) groups excluding carboxylic acids is 1. The molecule has 0 radical (unpaired) electrons. The van der Waals surface area contributed by atoms with Gasteiger partial charge in [0, 0.05) is 6.20 Å². The lowest BCUT2D eigenvalue weighted by Crippen LogP contribution is -2.28. The molecule has 142 valence electrons. The number of hydrogen-bond acceptors (Lipinski definition) is 5. The van der Waals surface area contributed by atoms with E-state index in [-0.39, 0.29) is 30.7 Å². The van der Waals surface area contributed by atoms with Crippen LogP contribution in [0, 0.1) is 11.7 Å². The Kier molecular flexibility index (Phi) is 5.66. The average Bonchev–Trinajstić information content (AvgIpc) is 3.08. The second-order valence-electron chi connectivity index (χ2n) is 6.43. The zero-order valence-electron chi connectivity index (χ0n) is 15.1. The number of rotatable bonds is 7. The topological polar surface area (TPSA) is 88.8 Å². The summed E-state index contributed by atoms with van der Waals surface area (Å²) in [5.41, 5.74) is 0.939. The molecule has 0 bridgehead atoms. The predicted octanol–water partition coefficient (Wildman–Crippen LogP) is 2.37. The Bertz CT molecular complexity index is 942. The third-order valence-corrected chi connectivity index (χ3v) is 4.07. The second kappa shape index (κ2) is 8.13. The van der Waals surface area contributed by atoms with Gasteiger partial charge in [0.15, 0.2) is 23.0 Å². The first kappa shape index (κ1) is 18.8. The maximum Gasteiger partial charge on any atom is 0.252 e. The van der Waals surface area contributed by atoms with Gasteiger partial charge in [-0.2, -0.15) is 0 Å². The van der Waals surface area contributed by atoms with Gasteiger partial charge in [-0.25, -0.2) is 4.39 Å². The zero-order valence-corrected chi connectivity index (χ0v) is 15.1. The van der Waals surface area contributed by atoms with E-state index in [0.29, 0.717) is 17.0 Å². The van der Waals surface area contributed by atoms with Gasteiger partial charge < -0.3 is 15.2 Å². The number of aromatic nitrogens is 3. The Balaban J connectivity index is 1.63. The van der Waals surface area contributed by atoms with Gasteiger partial charge in [-0.3, -0.25) is 9.20 Å². The molecule has 0 aliphatic heterocycles. The number of carbonyl (C=O) groups is 1. The number of halogens is 1. The lowest BCUT2D eigenvalue weighted by Gasteiger charge is -2.13. The highest BCUT2D eigenvalue weighted by Gasteiger charge is 2.19. The van der Waals surface area contributed by atoms with E-state index in [2.05, 4.69) is 15.5 Å². The average molecular weight is 372 g/mol. The van der Waals surface area contributed by atoms with E-state index >= 15 is 0 Å². The molecule has 1 unspecified atom stereocenters. The normalized spacial score (nSPS) is 12.3. The molecule has 2 heterocycles. The molecule has 7 nitrogen and oxygen atoms in total. The number of ether oxygens (including phenoxy) is 1. The molecule has 2 N–H and O–H groups in total. The van der Waals surface area contributed by atoms with E-state index in [4.69, 9.17) is 4.74 Å². The van der Waals surface area contributed by atoms with Crippen molar-refractivity contribution < 1.29 is 19.0 Å². The lowest BCUT2D eigenvalue weighted by atomic mass is 10.1. The Hall–Kier alpha value is -3.00. The van der Waals surface area contributed by atoms with E-state index in [1.54, 1.807) is 34.9 Å². The molecule has 0 saturated heterocycles. The minimum absolute atomic E-state index is 0.0367. The first-order chi connectivity index (χ1) is 13.0. The van der Waals surface area contributed by atoms with Crippen molar-refractivity contribution in [3.63, 3.8) is 0 Å². The molecule has 1 aromatic carbocycles. The smallest absolute Gasteiger partial charge is 0.252 e. The summed E-state index contributed by atoms with van der Waals surface area (Å²) in [5, 5.41) is 21.0. The van der Waals surface area contributed by atoms with Crippen LogP contribution in [-0.2, 0) is 0 Å². The van der Waals surface area contributed by atoms with Crippen molar-refractivity contribution in [2.75, 3.05) is 13.2 Å². The summed E-state index contributed by atoms with van der Waals surface area (Å²) in [5.74, 6) is -0.265. The largest absolute Gasteiger partial charge is 0.489 e. The highest BCUT2D eigenvalue weighted by molar-refractivity contribution is 5.94. The molecule has 3 aromatic rings. The number of benzene rings is 1. The van der Waals surface area contributed by atoms with Crippen LogP contribution >= 0.6 is 0 Å². The van der Waals surface area contributed by atoms with Crippen molar-refractivity contribution in [2.24, 2.45) is 5.92 Å². The van der Waals surface area contributed by atoms with Crippen molar-refractivity contribution in [3.8, 4) is 5.75 Å². The van der Waals surface area contributed by atoms with Gasteiger partial charge >= 0.3 is 0 Å². The first-order valence-electron chi connectivity index (χ1n) is 8.65. The molecular weight excluding hydrogens is 351 g/mol. The molecule has 3 rings (SSSR count). The highest BCUT2D eigenvalue weighted by atomic mass is 19.1. The summed E-state index contributed by atoms with van der Waals surface area (Å²) in [6.45, 7) is 4.10. The Labute approximate surface area is 155 Å². The quantitative estimate of drug-likeness (QED) is 0.622. The number of aliphatic hydroxyl groups excluding tert-OH is 1. The number of amides is 1. The molecule has 0 fully saturated rings. The van der Waals surface area contributed by atoms with Gasteiger partial charge in [0.1, 0.15) is 12.7 Å². The first-order valence-corrected chi connectivity index (χ1v) is 8.65. The minimum Gasteiger partial charge on any atom is -0.489 e. The molecule has 0 spiro atoms. The monoisotopic (exact) mass is 372 g/mol. The second-order valence-corrected chi connectivity index (χ2v) is 6.43. The van der Waals surface area contributed by atoms with Crippen molar-refractivity contribution in [1.29, 1.82) is 0 Å². The standard InChI is InChI=1S/C19H21FN4O3/c1-12(2)17(25)18-23-22-16-8-7-13(11-24(16)18)19(26)21-9-10-27-15-6-4-3-5-14(15)20/h3-8,11-12,17,25H,9-10H2,1-2H3,(H,21,26). The molecule has 0 saturated carbocycles. The fourth-order valence-electron chi connectivity index (χ4n) is 2.53. The van der Waals surface area contributed by atoms with Crippen LogP contribution in [0.15, 0.2) is 42.6 Å². The molecule has 0 aliphatic rings. The fourth-order valence-corrected chi connectivity index (χ4v) is 2.53. The molecule has 1 amide bonds. The molecule has 8 heteroatoms. The van der Waals surface area contributed by atoms with Crippen LogP contribution in [0.2, 0.25) is 0 Å². The van der Waals surface area contributed by atoms with Gasteiger partial charge in [0.2, 0.25) is 0 Å². The lowest BCUT2D eigenvalue weighted by molar-refractivity contribution is 0.0945. The summed E-state index contributed by atoms with van der Waals surface area (Å²) in [6.07, 6.45) is 0.802. The SMILES string of the molecule is CC(C)C(O)c1nnc2ccc(C(=O)NCCOc3ccccc3F)cn12. The summed E-state index contributed by atoms with van der Waals surface area (Å²) in [6, 6.07) is 9.38. The Morgan fingerprint density at radius 1 is 1.26 bits per heavy atom. The summed E-state index contributed by atoms with van der Waals surface area (Å²) >= 11 is 0. The third kappa shape index (κ3) is 4.22. The number of hydrogen-bond donors (Lipinski definition) is 2. The van der Waals surface area contributed by atoms with Crippen LogP contribution in [0.4, 0.5) is 4.39 Å². The molecule has 0 aliphatic carbocycles. The molecule has 1 atom stereocenters. The van der Waals surface area contributed by atoms with Crippen molar-refractivity contribution >= 4 is 11.6 Å². The Morgan fingerprint density at radius 3 is 2.78 bits per heavy atom. The number of aliphatic hydroxyl groups is 1. The van der Waals surface area contributed by atoms with Crippen LogP contribution in [0.1, 0.15) is 36.1 Å². The van der Waals surface area contributed by atoms with E-state index in [0.717, 1.165) is 0 Å². The number of nitrogens with one attached hydrogen (secondary N) is 1.